The van der Waals surface area contributed by atoms with Crippen LogP contribution in [0, 0.1) is 0 Å². The number of hydrogen-bond donors (Lipinski definition) is 1. The fraction of sp³-hybridized carbons (Fsp3) is 0.583. The van der Waals surface area contributed by atoms with Gasteiger partial charge in [0.05, 0.1) is 12.7 Å². The van der Waals surface area contributed by atoms with Crippen molar-refractivity contribution in [3.8, 4) is 0 Å². The summed E-state index contributed by atoms with van der Waals surface area (Å²) in [5.41, 5.74) is 1.54. The molecule has 86 valence electrons. The van der Waals surface area contributed by atoms with Crippen LogP contribution in [0.25, 0.3) is 0 Å². The van der Waals surface area contributed by atoms with Crippen LogP contribution in [0.4, 0.5) is 0 Å². The lowest BCUT2D eigenvalue weighted by atomic mass is 10.3. The molecule has 1 atom stereocenters. The maximum atomic E-state index is 8.89. The van der Waals surface area contributed by atoms with Crippen LogP contribution in [0.1, 0.15) is 40.0 Å². The molecular formula is C12H21NO2. The van der Waals surface area contributed by atoms with E-state index < -0.39 is 5.97 Å². The molecule has 1 unspecified atom stereocenters. The van der Waals surface area contributed by atoms with Crippen molar-refractivity contribution in [3.63, 3.8) is 0 Å². The van der Waals surface area contributed by atoms with Crippen molar-refractivity contribution in [1.29, 1.82) is 0 Å². The van der Waals surface area contributed by atoms with Gasteiger partial charge in [-0.3, -0.25) is 4.90 Å². The minimum atomic E-state index is -1.08. The van der Waals surface area contributed by atoms with Gasteiger partial charge in [-0.05, 0) is 19.4 Å². The van der Waals surface area contributed by atoms with Crippen LogP contribution in [0.2, 0.25) is 0 Å². The lowest BCUT2D eigenvalue weighted by molar-refractivity contribution is -0.804. The van der Waals surface area contributed by atoms with E-state index in [-0.39, 0.29) is 0 Å². The number of quaternary nitrogens is 1. The van der Waals surface area contributed by atoms with Crippen LogP contribution in [0.5, 0.6) is 0 Å². The lowest BCUT2D eigenvalue weighted by Crippen LogP contribution is -3.04. The van der Waals surface area contributed by atoms with Gasteiger partial charge >= 0.3 is 0 Å². The summed E-state index contributed by atoms with van der Waals surface area (Å²) in [6.07, 6.45) is 10.5. The van der Waals surface area contributed by atoms with Gasteiger partial charge in [0.25, 0.3) is 0 Å². The molecule has 1 rings (SSSR count). The molecular weight excluding hydrogens is 190 g/mol. The second-order valence-electron chi connectivity index (χ2n) is 3.52. The smallest absolute Gasteiger partial charge is 0.112 e. The Bertz CT molecular complexity index is 240. The van der Waals surface area contributed by atoms with Crippen molar-refractivity contribution in [2.75, 3.05) is 6.54 Å². The number of carbonyl (C=O) groups is 1. The topological polar surface area (TPSA) is 44.6 Å². The molecule has 3 heteroatoms. The average Bonchev–Trinajstić information content (AvgIpc) is 2.60. The third kappa shape index (κ3) is 6.91. The molecule has 0 aliphatic carbocycles. The summed E-state index contributed by atoms with van der Waals surface area (Å²) in [4.78, 5) is 10.5. The van der Waals surface area contributed by atoms with Crippen molar-refractivity contribution >= 4 is 5.97 Å². The van der Waals surface area contributed by atoms with E-state index in [1.54, 1.807) is 10.6 Å². The van der Waals surface area contributed by atoms with E-state index in [9.17, 15) is 0 Å². The van der Waals surface area contributed by atoms with Gasteiger partial charge in [0, 0.05) is 18.5 Å². The van der Waals surface area contributed by atoms with Gasteiger partial charge in [-0.2, -0.15) is 0 Å². The monoisotopic (exact) mass is 211 g/mol. The summed E-state index contributed by atoms with van der Waals surface area (Å²) in [6.45, 7) is 6.71. The first-order valence-corrected chi connectivity index (χ1v) is 5.52. The SMILES string of the molecule is CC(=O)[O-].CCCC[NH+]1C=CC=C1CC. The van der Waals surface area contributed by atoms with Crippen LogP contribution in [-0.4, -0.2) is 12.5 Å². The first kappa shape index (κ1) is 13.9. The predicted octanol–water partition coefficient (Wildman–Crippen LogP) is 0.249. The average molecular weight is 211 g/mol. The first-order valence-electron chi connectivity index (χ1n) is 5.52. The zero-order chi connectivity index (χ0) is 11.7. The van der Waals surface area contributed by atoms with E-state index in [2.05, 4.69) is 32.2 Å². The maximum Gasteiger partial charge on any atom is 0.112 e. The van der Waals surface area contributed by atoms with Crippen molar-refractivity contribution in [3.05, 3.63) is 24.0 Å². The molecule has 1 aliphatic rings. The van der Waals surface area contributed by atoms with E-state index >= 15 is 0 Å². The Morgan fingerprint density at radius 2 is 2.07 bits per heavy atom. The molecule has 0 bridgehead atoms. The number of nitrogens with one attached hydrogen (secondary N) is 1. The van der Waals surface area contributed by atoms with Crippen LogP contribution in [0.3, 0.4) is 0 Å². The predicted molar refractivity (Wildman–Crippen MR) is 58.9 cm³/mol. The van der Waals surface area contributed by atoms with Crippen LogP contribution in [-0.2, 0) is 4.79 Å². The van der Waals surface area contributed by atoms with Gasteiger partial charge in [0.2, 0.25) is 0 Å². The molecule has 0 aromatic rings. The number of aliphatic carboxylic acids is 1. The van der Waals surface area contributed by atoms with Crippen molar-refractivity contribution in [2.45, 2.75) is 40.0 Å². The van der Waals surface area contributed by atoms with Crippen LogP contribution >= 0.6 is 0 Å². The Labute approximate surface area is 92.1 Å². The molecule has 0 aromatic carbocycles. The fourth-order valence-electron chi connectivity index (χ4n) is 1.45. The molecule has 0 aromatic heterocycles. The number of carboxylic acids is 1. The highest BCUT2D eigenvalue weighted by Gasteiger charge is 2.12. The third-order valence-corrected chi connectivity index (χ3v) is 2.19. The normalized spacial score (nSPS) is 18.1. The van der Waals surface area contributed by atoms with Crippen molar-refractivity contribution in [1.82, 2.24) is 0 Å². The van der Waals surface area contributed by atoms with E-state index in [0.717, 1.165) is 6.92 Å². The highest BCUT2D eigenvalue weighted by atomic mass is 16.4. The third-order valence-electron chi connectivity index (χ3n) is 2.19. The van der Waals surface area contributed by atoms with Gasteiger partial charge in [-0.25, -0.2) is 0 Å². The second kappa shape index (κ2) is 8.24. The molecule has 0 saturated heterocycles. The lowest BCUT2D eigenvalue weighted by Gasteiger charge is -2.11. The number of carbonyl (C=O) groups excluding carboxylic acids is 1. The Morgan fingerprint density at radius 3 is 2.53 bits per heavy atom. The van der Waals surface area contributed by atoms with Crippen LogP contribution < -0.4 is 10.0 Å². The zero-order valence-corrected chi connectivity index (χ0v) is 9.88. The highest BCUT2D eigenvalue weighted by molar-refractivity contribution is 5.60. The Morgan fingerprint density at radius 1 is 1.47 bits per heavy atom. The number of allylic oxidation sites excluding steroid dienone is 3. The largest absolute Gasteiger partial charge is 0.550 e. The summed E-state index contributed by atoms with van der Waals surface area (Å²) < 4.78 is 0. The highest BCUT2D eigenvalue weighted by Crippen LogP contribution is 1.96. The van der Waals surface area contributed by atoms with Gasteiger partial charge in [0.15, 0.2) is 0 Å². The molecule has 0 radical (unpaired) electrons. The summed E-state index contributed by atoms with van der Waals surface area (Å²) in [7, 11) is 0. The second-order valence-corrected chi connectivity index (χ2v) is 3.52. The quantitative estimate of drug-likeness (QED) is 0.724. The van der Waals surface area contributed by atoms with Crippen molar-refractivity contribution in [2.24, 2.45) is 0 Å². The van der Waals surface area contributed by atoms with Gasteiger partial charge in [-0.15, -0.1) is 0 Å². The molecule has 3 nitrogen and oxygen atoms in total. The molecule has 1 aliphatic heterocycles. The van der Waals surface area contributed by atoms with E-state index in [1.165, 1.54) is 25.8 Å². The summed E-state index contributed by atoms with van der Waals surface area (Å²) in [5.74, 6) is -1.08. The summed E-state index contributed by atoms with van der Waals surface area (Å²) in [5, 5.41) is 8.89. The minimum absolute atomic E-state index is 0.972. The Balaban J connectivity index is 0.000000423. The molecule has 0 amide bonds. The molecule has 0 spiro atoms. The number of hydrogen-bond acceptors (Lipinski definition) is 2. The van der Waals surface area contributed by atoms with Crippen LogP contribution in [0.15, 0.2) is 24.0 Å². The van der Waals surface area contributed by atoms with Crippen molar-refractivity contribution < 1.29 is 14.8 Å². The van der Waals surface area contributed by atoms with Gasteiger partial charge < -0.3 is 9.90 Å². The Kier molecular flexibility index (Phi) is 7.64. The number of rotatable bonds is 4. The number of carboxylic acid groups (broad SMARTS) is 1. The van der Waals surface area contributed by atoms with E-state index in [1.807, 2.05) is 0 Å². The molecule has 0 fully saturated rings. The van der Waals surface area contributed by atoms with E-state index in [0.29, 0.717) is 0 Å². The molecule has 1 N–H and O–H groups in total. The van der Waals surface area contributed by atoms with E-state index in [4.69, 9.17) is 9.90 Å². The van der Waals surface area contributed by atoms with Gasteiger partial charge in [-0.1, -0.05) is 20.3 Å². The zero-order valence-electron chi connectivity index (χ0n) is 9.88. The minimum Gasteiger partial charge on any atom is -0.550 e. The first-order chi connectivity index (χ1) is 7.11. The Hall–Kier alpha value is -1.09. The summed E-state index contributed by atoms with van der Waals surface area (Å²) >= 11 is 0. The summed E-state index contributed by atoms with van der Waals surface area (Å²) in [6, 6.07) is 0. The fourth-order valence-corrected chi connectivity index (χ4v) is 1.45. The molecule has 0 saturated carbocycles. The molecule has 1 heterocycles. The van der Waals surface area contributed by atoms with Gasteiger partial charge in [0.1, 0.15) is 5.70 Å². The number of unbranched alkanes of at least 4 members (excludes halogenated alkanes) is 1. The standard InChI is InChI=1S/C10H17N.C2H4O2/c1-3-5-8-11-9-6-7-10(11)4-2;1-2(3)4/h6-7,9H,3-5,8H2,1-2H3;1H3,(H,3,4). The molecule has 15 heavy (non-hydrogen) atoms. The maximum absolute atomic E-state index is 8.89.